The van der Waals surface area contributed by atoms with Gasteiger partial charge >= 0.3 is 5.97 Å². The molecule has 4 rings (SSSR count). The number of carbonyl (C=O) groups excluding carboxylic acids is 2. The van der Waals surface area contributed by atoms with Crippen LogP contribution in [0.2, 0.25) is 0 Å². The van der Waals surface area contributed by atoms with Gasteiger partial charge in [-0.1, -0.05) is 46.8 Å². The monoisotopic (exact) mass is 577 g/mol. The molecule has 0 saturated heterocycles. The van der Waals surface area contributed by atoms with Crippen molar-refractivity contribution in [3.8, 4) is 0 Å². The van der Waals surface area contributed by atoms with E-state index in [0.717, 1.165) is 44.1 Å². The standard InChI is InChI=1S/C34H44FN3O4/c1-22(2)23-14-19-34(20-15-23)37-30(25-10-12-27(35)13-11-25)32(42)38(34)28(16-18-33(3,4)5)24-6-8-26(9-7-24)31(41)36-21-17-29(39)40/h6-13,22-23,28H,14-21H2,1-5H3,(H,36,41)(H,39,40). The number of nitrogens with one attached hydrogen (secondary N) is 1. The molecular formula is C34H44FN3O4. The lowest BCUT2D eigenvalue weighted by Crippen LogP contribution is -2.51. The Morgan fingerprint density at radius 3 is 2.24 bits per heavy atom. The van der Waals surface area contributed by atoms with E-state index in [1.165, 1.54) is 12.1 Å². The Bertz CT molecular complexity index is 1300. The highest BCUT2D eigenvalue weighted by Crippen LogP contribution is 2.48. The van der Waals surface area contributed by atoms with E-state index < -0.39 is 11.6 Å². The first-order valence-corrected chi connectivity index (χ1v) is 15.1. The van der Waals surface area contributed by atoms with Gasteiger partial charge in [-0.25, -0.2) is 4.39 Å². The number of rotatable bonds is 10. The second-order valence-corrected chi connectivity index (χ2v) is 13.3. The molecular weight excluding hydrogens is 533 g/mol. The Morgan fingerprint density at radius 2 is 1.69 bits per heavy atom. The van der Waals surface area contributed by atoms with Gasteiger partial charge in [0.1, 0.15) is 17.2 Å². The van der Waals surface area contributed by atoms with Crippen LogP contribution in [0.1, 0.15) is 107 Å². The molecule has 1 fully saturated rings. The third-order valence-corrected chi connectivity index (χ3v) is 8.74. The number of aliphatic imine (C=N–C) groups is 1. The zero-order chi connectivity index (χ0) is 30.7. The number of carbonyl (C=O) groups is 3. The molecule has 2 N–H and O–H groups in total. The van der Waals surface area contributed by atoms with E-state index in [1.54, 1.807) is 24.3 Å². The van der Waals surface area contributed by atoms with E-state index in [4.69, 9.17) is 10.1 Å². The zero-order valence-corrected chi connectivity index (χ0v) is 25.5. The summed E-state index contributed by atoms with van der Waals surface area (Å²) in [5.74, 6) is -0.676. The van der Waals surface area contributed by atoms with Crippen molar-refractivity contribution in [1.29, 1.82) is 0 Å². The van der Waals surface area contributed by atoms with Crippen LogP contribution in [0.5, 0.6) is 0 Å². The van der Waals surface area contributed by atoms with E-state index in [0.29, 0.717) is 28.7 Å². The molecule has 0 radical (unpaired) electrons. The minimum atomic E-state index is -0.971. The van der Waals surface area contributed by atoms with Gasteiger partial charge in [-0.2, -0.15) is 0 Å². The Morgan fingerprint density at radius 1 is 1.07 bits per heavy atom. The summed E-state index contributed by atoms with van der Waals surface area (Å²) in [6.07, 6.45) is 4.93. The largest absolute Gasteiger partial charge is 0.481 e. The van der Waals surface area contributed by atoms with Crippen LogP contribution in [0.15, 0.2) is 53.5 Å². The van der Waals surface area contributed by atoms with E-state index in [2.05, 4.69) is 39.9 Å². The summed E-state index contributed by atoms with van der Waals surface area (Å²) in [6.45, 7) is 11.1. The number of benzene rings is 2. The summed E-state index contributed by atoms with van der Waals surface area (Å²) in [4.78, 5) is 45.0. The highest BCUT2D eigenvalue weighted by atomic mass is 19.1. The van der Waals surface area contributed by atoms with Crippen molar-refractivity contribution in [2.75, 3.05) is 6.54 Å². The lowest BCUT2D eigenvalue weighted by Gasteiger charge is -2.46. The summed E-state index contributed by atoms with van der Waals surface area (Å²) in [6, 6.07) is 13.0. The molecule has 2 aliphatic rings. The maximum atomic E-state index is 14.4. The summed E-state index contributed by atoms with van der Waals surface area (Å²) in [7, 11) is 0. The SMILES string of the molecule is CC(C)C1CCC2(CC1)N=C(c1ccc(F)cc1)C(=O)N2C(CCC(C)(C)C)c1ccc(C(=O)NCCC(=O)O)cc1. The zero-order valence-electron chi connectivity index (χ0n) is 25.5. The lowest BCUT2D eigenvalue weighted by molar-refractivity contribution is -0.137. The second kappa shape index (κ2) is 12.8. The molecule has 8 heteroatoms. The molecule has 1 atom stereocenters. The number of amides is 2. The number of aliphatic carboxylic acids is 1. The predicted octanol–water partition coefficient (Wildman–Crippen LogP) is 6.77. The summed E-state index contributed by atoms with van der Waals surface area (Å²) in [5, 5.41) is 11.5. The minimum Gasteiger partial charge on any atom is -0.481 e. The van der Waals surface area contributed by atoms with Crippen molar-refractivity contribution in [1.82, 2.24) is 10.2 Å². The van der Waals surface area contributed by atoms with Gasteiger partial charge in [0.05, 0.1) is 12.5 Å². The summed E-state index contributed by atoms with van der Waals surface area (Å²) >= 11 is 0. The van der Waals surface area contributed by atoms with Gasteiger partial charge in [-0.3, -0.25) is 19.4 Å². The maximum Gasteiger partial charge on any atom is 0.305 e. The summed E-state index contributed by atoms with van der Waals surface area (Å²) < 4.78 is 13.8. The van der Waals surface area contributed by atoms with Crippen LogP contribution in [0.4, 0.5) is 4.39 Å². The van der Waals surface area contributed by atoms with E-state index >= 15 is 0 Å². The molecule has 2 aromatic carbocycles. The van der Waals surface area contributed by atoms with Gasteiger partial charge in [0.2, 0.25) is 0 Å². The van der Waals surface area contributed by atoms with Crippen molar-refractivity contribution in [3.05, 3.63) is 71.0 Å². The highest BCUT2D eigenvalue weighted by Gasteiger charge is 2.52. The highest BCUT2D eigenvalue weighted by molar-refractivity contribution is 6.46. The van der Waals surface area contributed by atoms with Gasteiger partial charge in [-0.05, 0) is 97.7 Å². The second-order valence-electron chi connectivity index (χ2n) is 13.3. The Hall–Kier alpha value is -3.55. The molecule has 7 nitrogen and oxygen atoms in total. The molecule has 1 spiro atoms. The molecule has 2 aromatic rings. The van der Waals surface area contributed by atoms with Gasteiger partial charge in [-0.15, -0.1) is 0 Å². The van der Waals surface area contributed by atoms with Crippen LogP contribution in [0.3, 0.4) is 0 Å². The van der Waals surface area contributed by atoms with Gasteiger partial charge in [0.15, 0.2) is 0 Å². The first-order valence-electron chi connectivity index (χ1n) is 15.1. The molecule has 0 bridgehead atoms. The van der Waals surface area contributed by atoms with E-state index in [1.807, 2.05) is 17.0 Å². The van der Waals surface area contributed by atoms with Crippen molar-refractivity contribution >= 4 is 23.5 Å². The molecule has 1 saturated carbocycles. The van der Waals surface area contributed by atoms with Crippen LogP contribution in [0.25, 0.3) is 0 Å². The number of halogens is 1. The van der Waals surface area contributed by atoms with Crippen molar-refractivity contribution in [3.63, 3.8) is 0 Å². The molecule has 0 aromatic heterocycles. The van der Waals surface area contributed by atoms with Gasteiger partial charge in [0.25, 0.3) is 11.8 Å². The Balaban J connectivity index is 1.71. The first-order chi connectivity index (χ1) is 19.8. The average molecular weight is 578 g/mol. The quantitative estimate of drug-likeness (QED) is 0.325. The van der Waals surface area contributed by atoms with Crippen LogP contribution < -0.4 is 5.32 Å². The molecule has 1 aliphatic heterocycles. The number of carboxylic acids is 1. The minimum absolute atomic E-state index is 0.0358. The molecule has 226 valence electrons. The first kappa shape index (κ1) is 31.4. The van der Waals surface area contributed by atoms with E-state index in [-0.39, 0.29) is 42.1 Å². The van der Waals surface area contributed by atoms with Crippen molar-refractivity contribution < 1.29 is 23.9 Å². The van der Waals surface area contributed by atoms with Crippen LogP contribution >= 0.6 is 0 Å². The number of hydrogen-bond acceptors (Lipinski definition) is 4. The van der Waals surface area contributed by atoms with Crippen LogP contribution in [-0.2, 0) is 9.59 Å². The predicted molar refractivity (Wildman–Crippen MR) is 162 cm³/mol. The number of carboxylic acid groups (broad SMARTS) is 1. The topological polar surface area (TPSA) is 99.1 Å². The third kappa shape index (κ3) is 7.26. The Labute approximate surface area is 248 Å². The fourth-order valence-electron chi connectivity index (χ4n) is 6.22. The molecule has 1 heterocycles. The smallest absolute Gasteiger partial charge is 0.305 e. The van der Waals surface area contributed by atoms with Crippen LogP contribution in [0, 0.1) is 23.1 Å². The average Bonchev–Trinajstić information content (AvgIpc) is 3.20. The number of nitrogens with zero attached hydrogens (tertiary/aromatic N) is 2. The van der Waals surface area contributed by atoms with E-state index in [9.17, 15) is 18.8 Å². The Kier molecular flexibility index (Phi) is 9.53. The van der Waals surface area contributed by atoms with Crippen LogP contribution in [-0.4, -0.2) is 45.7 Å². The van der Waals surface area contributed by atoms with Crippen molar-refractivity contribution in [2.45, 2.75) is 91.3 Å². The third-order valence-electron chi connectivity index (χ3n) is 8.74. The normalized spacial score (nSPS) is 21.5. The van der Waals surface area contributed by atoms with Gasteiger partial charge < -0.3 is 15.3 Å². The lowest BCUT2D eigenvalue weighted by atomic mass is 9.75. The molecule has 42 heavy (non-hydrogen) atoms. The van der Waals surface area contributed by atoms with Crippen molar-refractivity contribution in [2.24, 2.45) is 22.2 Å². The molecule has 2 amide bonds. The fourth-order valence-corrected chi connectivity index (χ4v) is 6.22. The molecule has 1 aliphatic carbocycles. The molecule has 1 unspecified atom stereocenters. The van der Waals surface area contributed by atoms with Gasteiger partial charge in [0, 0.05) is 17.7 Å². The summed E-state index contributed by atoms with van der Waals surface area (Å²) in [5.41, 5.74) is 1.72. The number of hydrogen-bond donors (Lipinski definition) is 2. The maximum absolute atomic E-state index is 14.4. The fraction of sp³-hybridized carbons (Fsp3) is 0.529.